The first-order valence-corrected chi connectivity index (χ1v) is 8.12. The first-order valence-electron chi connectivity index (χ1n) is 8.12. The maximum absolute atomic E-state index is 12.0. The molecule has 1 atom stereocenters. The number of amides is 1. The van der Waals surface area contributed by atoms with E-state index in [1.165, 1.54) is 11.1 Å². The van der Waals surface area contributed by atoms with Gasteiger partial charge in [-0.05, 0) is 45.7 Å². The summed E-state index contributed by atoms with van der Waals surface area (Å²) in [4.78, 5) is 16.3. The molecule has 0 saturated heterocycles. The standard InChI is InChI=1S/C18H30N4O/c1-7-20-16(23)18(4,5)12-21-17(19-6)22-14(3)15-11-9-8-10-13(15)2/h8-11,14H,7,12H2,1-6H3,(H,20,23)(H2,19,21,22). The highest BCUT2D eigenvalue weighted by molar-refractivity contribution is 5.84. The lowest BCUT2D eigenvalue weighted by Gasteiger charge is -2.26. The van der Waals surface area contributed by atoms with E-state index in [0.717, 1.165) is 0 Å². The molecule has 0 bridgehead atoms. The number of rotatable bonds is 6. The Labute approximate surface area is 140 Å². The Bertz CT molecular complexity index is 552. The molecule has 0 radical (unpaired) electrons. The van der Waals surface area contributed by atoms with E-state index in [1.807, 2.05) is 32.9 Å². The van der Waals surface area contributed by atoms with Crippen molar-refractivity contribution in [2.45, 2.75) is 40.7 Å². The van der Waals surface area contributed by atoms with Gasteiger partial charge in [0.1, 0.15) is 0 Å². The van der Waals surface area contributed by atoms with E-state index in [9.17, 15) is 4.79 Å². The maximum Gasteiger partial charge on any atom is 0.227 e. The quantitative estimate of drug-likeness (QED) is 0.557. The maximum atomic E-state index is 12.0. The predicted molar refractivity (Wildman–Crippen MR) is 96.6 cm³/mol. The minimum Gasteiger partial charge on any atom is -0.356 e. The van der Waals surface area contributed by atoms with Crippen LogP contribution in [0.4, 0.5) is 0 Å². The second-order valence-electron chi connectivity index (χ2n) is 6.39. The molecule has 0 saturated carbocycles. The van der Waals surface area contributed by atoms with Crippen LogP contribution in [-0.2, 0) is 4.79 Å². The topological polar surface area (TPSA) is 65.5 Å². The van der Waals surface area contributed by atoms with Crippen molar-refractivity contribution in [2.24, 2.45) is 10.4 Å². The van der Waals surface area contributed by atoms with Crippen LogP contribution in [0.3, 0.4) is 0 Å². The van der Waals surface area contributed by atoms with Crippen LogP contribution in [0, 0.1) is 12.3 Å². The number of aryl methyl sites for hydroxylation is 1. The summed E-state index contributed by atoms with van der Waals surface area (Å²) in [6.07, 6.45) is 0. The van der Waals surface area contributed by atoms with Gasteiger partial charge in [0.05, 0.1) is 11.5 Å². The van der Waals surface area contributed by atoms with Gasteiger partial charge in [-0.25, -0.2) is 0 Å². The summed E-state index contributed by atoms with van der Waals surface area (Å²) in [5, 5.41) is 9.48. The lowest BCUT2D eigenvalue weighted by molar-refractivity contribution is -0.128. The zero-order valence-electron chi connectivity index (χ0n) is 15.2. The number of aliphatic imine (C=N–C) groups is 1. The molecule has 128 valence electrons. The van der Waals surface area contributed by atoms with Crippen molar-refractivity contribution in [1.82, 2.24) is 16.0 Å². The van der Waals surface area contributed by atoms with Crippen molar-refractivity contribution >= 4 is 11.9 Å². The third kappa shape index (κ3) is 5.58. The smallest absolute Gasteiger partial charge is 0.227 e. The zero-order valence-corrected chi connectivity index (χ0v) is 15.2. The number of carbonyl (C=O) groups is 1. The van der Waals surface area contributed by atoms with E-state index in [-0.39, 0.29) is 11.9 Å². The van der Waals surface area contributed by atoms with Gasteiger partial charge < -0.3 is 16.0 Å². The molecule has 0 aliphatic carbocycles. The molecular weight excluding hydrogens is 288 g/mol. The number of benzene rings is 1. The zero-order chi connectivity index (χ0) is 17.5. The average molecular weight is 318 g/mol. The molecule has 1 rings (SSSR count). The predicted octanol–water partition coefficient (Wildman–Crippen LogP) is 2.38. The Hall–Kier alpha value is -2.04. The largest absolute Gasteiger partial charge is 0.356 e. The molecule has 0 fully saturated rings. The van der Waals surface area contributed by atoms with Gasteiger partial charge >= 0.3 is 0 Å². The van der Waals surface area contributed by atoms with Crippen molar-refractivity contribution in [3.8, 4) is 0 Å². The molecule has 5 nitrogen and oxygen atoms in total. The lowest BCUT2D eigenvalue weighted by Crippen LogP contribution is -2.48. The van der Waals surface area contributed by atoms with E-state index in [1.54, 1.807) is 7.05 Å². The molecule has 0 heterocycles. The number of nitrogens with one attached hydrogen (secondary N) is 3. The highest BCUT2D eigenvalue weighted by atomic mass is 16.2. The van der Waals surface area contributed by atoms with E-state index in [0.29, 0.717) is 19.0 Å². The van der Waals surface area contributed by atoms with Gasteiger partial charge in [-0.2, -0.15) is 0 Å². The monoisotopic (exact) mass is 318 g/mol. The van der Waals surface area contributed by atoms with Gasteiger partial charge in [0.25, 0.3) is 0 Å². The van der Waals surface area contributed by atoms with Gasteiger partial charge in [0.15, 0.2) is 5.96 Å². The summed E-state index contributed by atoms with van der Waals surface area (Å²) in [6.45, 7) is 11.1. The Morgan fingerprint density at radius 1 is 1.26 bits per heavy atom. The number of carbonyl (C=O) groups excluding carboxylic acids is 1. The van der Waals surface area contributed by atoms with Gasteiger partial charge in [0.2, 0.25) is 5.91 Å². The molecule has 3 N–H and O–H groups in total. The number of hydrogen-bond donors (Lipinski definition) is 3. The average Bonchev–Trinajstić information content (AvgIpc) is 2.51. The van der Waals surface area contributed by atoms with Crippen LogP contribution in [0.25, 0.3) is 0 Å². The first kappa shape index (κ1) is 19.0. The van der Waals surface area contributed by atoms with Crippen molar-refractivity contribution in [1.29, 1.82) is 0 Å². The Balaban J connectivity index is 2.65. The van der Waals surface area contributed by atoms with E-state index in [4.69, 9.17) is 0 Å². The summed E-state index contributed by atoms with van der Waals surface area (Å²) in [6, 6.07) is 8.42. The molecular formula is C18H30N4O. The molecule has 1 amide bonds. The Morgan fingerprint density at radius 2 is 1.91 bits per heavy atom. The SMILES string of the molecule is CCNC(=O)C(C)(C)CNC(=NC)NC(C)c1ccccc1C. The van der Waals surface area contributed by atoms with Crippen LogP contribution in [-0.4, -0.2) is 32.0 Å². The van der Waals surface area contributed by atoms with Crippen LogP contribution in [0.1, 0.15) is 44.9 Å². The fraction of sp³-hybridized carbons (Fsp3) is 0.556. The normalized spacial score (nSPS) is 13.4. The van der Waals surface area contributed by atoms with E-state index in [2.05, 4.69) is 46.9 Å². The van der Waals surface area contributed by atoms with Crippen LogP contribution >= 0.6 is 0 Å². The van der Waals surface area contributed by atoms with Crippen LogP contribution in [0.5, 0.6) is 0 Å². The second-order valence-corrected chi connectivity index (χ2v) is 6.39. The molecule has 0 aromatic heterocycles. The summed E-state index contributed by atoms with van der Waals surface area (Å²) in [7, 11) is 1.74. The van der Waals surface area contributed by atoms with Crippen molar-refractivity contribution in [3.05, 3.63) is 35.4 Å². The highest BCUT2D eigenvalue weighted by Crippen LogP contribution is 2.17. The number of guanidine groups is 1. The van der Waals surface area contributed by atoms with Gasteiger partial charge in [-0.15, -0.1) is 0 Å². The summed E-state index contributed by atoms with van der Waals surface area (Å²) in [5.74, 6) is 0.730. The van der Waals surface area contributed by atoms with Crippen LogP contribution < -0.4 is 16.0 Å². The summed E-state index contributed by atoms with van der Waals surface area (Å²) >= 11 is 0. The molecule has 0 aliphatic heterocycles. The number of hydrogen-bond acceptors (Lipinski definition) is 2. The molecule has 5 heteroatoms. The molecule has 1 aromatic rings. The third-order valence-electron chi connectivity index (χ3n) is 3.88. The highest BCUT2D eigenvalue weighted by Gasteiger charge is 2.27. The minimum absolute atomic E-state index is 0.0369. The van der Waals surface area contributed by atoms with E-state index < -0.39 is 5.41 Å². The lowest BCUT2D eigenvalue weighted by atomic mass is 9.92. The van der Waals surface area contributed by atoms with E-state index >= 15 is 0 Å². The van der Waals surface area contributed by atoms with Crippen molar-refractivity contribution in [2.75, 3.05) is 20.1 Å². The van der Waals surface area contributed by atoms with Crippen LogP contribution in [0.2, 0.25) is 0 Å². The van der Waals surface area contributed by atoms with Crippen molar-refractivity contribution < 1.29 is 4.79 Å². The van der Waals surface area contributed by atoms with Crippen molar-refractivity contribution in [3.63, 3.8) is 0 Å². The molecule has 1 unspecified atom stereocenters. The third-order valence-corrected chi connectivity index (χ3v) is 3.88. The molecule has 23 heavy (non-hydrogen) atoms. The summed E-state index contributed by atoms with van der Waals surface area (Å²) in [5.41, 5.74) is 1.98. The minimum atomic E-state index is -0.500. The van der Waals surface area contributed by atoms with Gasteiger partial charge in [-0.1, -0.05) is 24.3 Å². The molecule has 0 aliphatic rings. The first-order chi connectivity index (χ1) is 10.8. The summed E-state index contributed by atoms with van der Waals surface area (Å²) < 4.78 is 0. The fourth-order valence-corrected chi connectivity index (χ4v) is 2.33. The van der Waals surface area contributed by atoms with Gasteiger partial charge in [0, 0.05) is 20.1 Å². The number of nitrogens with zero attached hydrogens (tertiary/aromatic N) is 1. The Kier molecular flexibility index (Phi) is 7.07. The van der Waals surface area contributed by atoms with Crippen LogP contribution in [0.15, 0.2) is 29.3 Å². The fourth-order valence-electron chi connectivity index (χ4n) is 2.33. The Morgan fingerprint density at radius 3 is 2.48 bits per heavy atom. The molecule has 1 aromatic carbocycles. The second kappa shape index (κ2) is 8.56. The van der Waals surface area contributed by atoms with Gasteiger partial charge in [-0.3, -0.25) is 9.79 Å². The molecule has 0 spiro atoms.